The van der Waals surface area contributed by atoms with Gasteiger partial charge in [0.05, 0.1) is 0 Å². The van der Waals surface area contributed by atoms with Gasteiger partial charge in [0, 0.05) is 6.42 Å². The molecule has 0 aliphatic carbocycles. The van der Waals surface area contributed by atoms with Crippen LogP contribution in [0.5, 0.6) is 0 Å². The van der Waals surface area contributed by atoms with Crippen molar-refractivity contribution >= 4 is 5.97 Å². The van der Waals surface area contributed by atoms with Crippen molar-refractivity contribution < 1.29 is 14.6 Å². The Morgan fingerprint density at radius 1 is 0.828 bits per heavy atom. The van der Waals surface area contributed by atoms with E-state index in [0.29, 0.717) is 17.5 Å². The fraction of sp³-hybridized carbons (Fsp3) is 0.269. The Kier molecular flexibility index (Phi) is 7.20. The van der Waals surface area contributed by atoms with Crippen molar-refractivity contribution in [2.45, 2.75) is 44.3 Å². The monoisotopic (exact) mass is 388 g/mol. The number of benzene rings is 3. The highest BCUT2D eigenvalue weighted by Crippen LogP contribution is 2.43. The molecule has 0 saturated carbocycles. The van der Waals surface area contributed by atoms with E-state index in [1.807, 2.05) is 91.0 Å². The summed E-state index contributed by atoms with van der Waals surface area (Å²) in [6.07, 6.45) is 2.28. The summed E-state index contributed by atoms with van der Waals surface area (Å²) in [5, 5.41) is 12.1. The SMILES string of the molecule is CCCCCC(=O)O[C@@H](c1ccccc1)C(O)(c1ccccc1)c1ccccc1. The van der Waals surface area contributed by atoms with Gasteiger partial charge in [-0.15, -0.1) is 0 Å². The molecule has 0 aromatic heterocycles. The maximum absolute atomic E-state index is 12.7. The lowest BCUT2D eigenvalue weighted by Crippen LogP contribution is -2.37. The summed E-state index contributed by atoms with van der Waals surface area (Å²) in [5.41, 5.74) is 0.610. The van der Waals surface area contributed by atoms with Crippen LogP contribution in [0.2, 0.25) is 0 Å². The van der Waals surface area contributed by atoms with E-state index >= 15 is 0 Å². The van der Waals surface area contributed by atoms with Crippen molar-refractivity contribution in [1.82, 2.24) is 0 Å². The van der Waals surface area contributed by atoms with Gasteiger partial charge in [-0.05, 0) is 23.1 Å². The predicted molar refractivity (Wildman–Crippen MR) is 115 cm³/mol. The third-order valence-electron chi connectivity index (χ3n) is 5.14. The van der Waals surface area contributed by atoms with Gasteiger partial charge < -0.3 is 9.84 Å². The van der Waals surface area contributed by atoms with E-state index in [9.17, 15) is 9.90 Å². The Balaban J connectivity index is 2.07. The Labute approximate surface area is 173 Å². The molecule has 150 valence electrons. The molecule has 3 heteroatoms. The molecule has 0 radical (unpaired) electrons. The fourth-order valence-electron chi connectivity index (χ4n) is 3.59. The second kappa shape index (κ2) is 10.0. The summed E-state index contributed by atoms with van der Waals surface area (Å²) < 4.78 is 5.97. The van der Waals surface area contributed by atoms with Gasteiger partial charge in [-0.25, -0.2) is 0 Å². The van der Waals surface area contributed by atoms with Gasteiger partial charge in [0.25, 0.3) is 0 Å². The number of unbranched alkanes of at least 4 members (excludes halogenated alkanes) is 2. The molecule has 0 amide bonds. The average Bonchev–Trinajstić information content (AvgIpc) is 2.79. The van der Waals surface area contributed by atoms with E-state index in [4.69, 9.17) is 4.74 Å². The summed E-state index contributed by atoms with van der Waals surface area (Å²) in [6, 6.07) is 28.3. The minimum absolute atomic E-state index is 0.294. The lowest BCUT2D eigenvalue weighted by molar-refractivity contribution is -0.163. The third kappa shape index (κ3) is 4.93. The minimum atomic E-state index is -1.51. The molecule has 1 atom stereocenters. The summed E-state index contributed by atoms with van der Waals surface area (Å²) in [6.45, 7) is 2.10. The zero-order valence-corrected chi connectivity index (χ0v) is 16.8. The van der Waals surface area contributed by atoms with E-state index in [1.165, 1.54) is 0 Å². The Morgan fingerprint density at radius 3 is 1.79 bits per heavy atom. The van der Waals surface area contributed by atoms with Crippen LogP contribution >= 0.6 is 0 Å². The first kappa shape index (κ1) is 20.8. The Hall–Kier alpha value is -2.91. The van der Waals surface area contributed by atoms with Crippen LogP contribution < -0.4 is 0 Å². The number of rotatable bonds is 9. The van der Waals surface area contributed by atoms with Crippen LogP contribution in [0.15, 0.2) is 91.0 Å². The Bertz CT molecular complexity index is 836. The molecule has 3 aromatic carbocycles. The van der Waals surface area contributed by atoms with E-state index in [0.717, 1.165) is 24.8 Å². The molecule has 3 rings (SSSR count). The molecule has 3 aromatic rings. The van der Waals surface area contributed by atoms with Gasteiger partial charge in [0.2, 0.25) is 0 Å². The van der Waals surface area contributed by atoms with E-state index in [-0.39, 0.29) is 5.97 Å². The number of hydrogen-bond donors (Lipinski definition) is 1. The number of hydrogen-bond acceptors (Lipinski definition) is 3. The van der Waals surface area contributed by atoms with Crippen molar-refractivity contribution in [3.05, 3.63) is 108 Å². The molecule has 0 unspecified atom stereocenters. The molecule has 3 nitrogen and oxygen atoms in total. The van der Waals surface area contributed by atoms with E-state index in [1.54, 1.807) is 0 Å². The standard InChI is InChI=1S/C26H28O3/c1-2-3-7-20-24(27)29-25(21-14-8-4-9-15-21)26(28,22-16-10-5-11-17-22)23-18-12-6-13-19-23/h4-6,8-19,25,28H,2-3,7,20H2,1H3/t25-/m0/s1. The first-order valence-electron chi connectivity index (χ1n) is 10.2. The number of esters is 1. The topological polar surface area (TPSA) is 46.5 Å². The highest BCUT2D eigenvalue weighted by Gasteiger charge is 2.43. The molecule has 1 N–H and O–H groups in total. The van der Waals surface area contributed by atoms with Gasteiger partial charge in [-0.3, -0.25) is 4.79 Å². The molecule has 0 bridgehead atoms. The molecule has 0 fully saturated rings. The van der Waals surface area contributed by atoms with Crippen LogP contribution in [-0.2, 0) is 15.1 Å². The van der Waals surface area contributed by atoms with Crippen molar-refractivity contribution in [1.29, 1.82) is 0 Å². The van der Waals surface area contributed by atoms with Gasteiger partial charge in [0.1, 0.15) is 0 Å². The average molecular weight is 389 g/mol. The predicted octanol–water partition coefficient (Wildman–Crippen LogP) is 5.79. The van der Waals surface area contributed by atoms with Gasteiger partial charge in [0.15, 0.2) is 11.7 Å². The molecule has 0 heterocycles. The zero-order chi connectivity index (χ0) is 20.5. The fourth-order valence-corrected chi connectivity index (χ4v) is 3.59. The van der Waals surface area contributed by atoms with Crippen LogP contribution in [0.3, 0.4) is 0 Å². The second-order valence-corrected chi connectivity index (χ2v) is 7.24. The van der Waals surface area contributed by atoms with Crippen LogP contribution in [0.1, 0.15) is 55.4 Å². The van der Waals surface area contributed by atoms with Crippen molar-refractivity contribution in [2.75, 3.05) is 0 Å². The maximum Gasteiger partial charge on any atom is 0.306 e. The molecule has 0 saturated heterocycles. The number of ether oxygens (including phenoxy) is 1. The third-order valence-corrected chi connectivity index (χ3v) is 5.14. The van der Waals surface area contributed by atoms with Crippen molar-refractivity contribution in [3.8, 4) is 0 Å². The summed E-state index contributed by atoms with van der Waals surface area (Å²) in [4.78, 5) is 12.7. The molecule has 0 aliphatic heterocycles. The van der Waals surface area contributed by atoms with Crippen LogP contribution in [-0.4, -0.2) is 11.1 Å². The quantitative estimate of drug-likeness (QED) is 0.373. The van der Waals surface area contributed by atoms with Gasteiger partial charge in [-0.2, -0.15) is 0 Å². The maximum atomic E-state index is 12.7. The van der Waals surface area contributed by atoms with Gasteiger partial charge in [-0.1, -0.05) is 111 Å². The number of carbonyl (C=O) groups is 1. The summed E-state index contributed by atoms with van der Waals surface area (Å²) in [7, 11) is 0. The molecule has 0 aliphatic rings. The Morgan fingerprint density at radius 2 is 1.31 bits per heavy atom. The second-order valence-electron chi connectivity index (χ2n) is 7.24. The highest BCUT2D eigenvalue weighted by atomic mass is 16.6. The minimum Gasteiger partial charge on any atom is -0.454 e. The highest BCUT2D eigenvalue weighted by molar-refractivity contribution is 5.70. The van der Waals surface area contributed by atoms with Crippen molar-refractivity contribution in [2.24, 2.45) is 0 Å². The first-order chi connectivity index (χ1) is 14.2. The molecular weight excluding hydrogens is 360 g/mol. The zero-order valence-electron chi connectivity index (χ0n) is 16.8. The van der Waals surface area contributed by atoms with Crippen molar-refractivity contribution in [3.63, 3.8) is 0 Å². The largest absolute Gasteiger partial charge is 0.454 e. The lowest BCUT2D eigenvalue weighted by atomic mass is 9.79. The van der Waals surface area contributed by atoms with Crippen LogP contribution in [0.4, 0.5) is 0 Å². The van der Waals surface area contributed by atoms with Crippen LogP contribution in [0.25, 0.3) is 0 Å². The molecule has 29 heavy (non-hydrogen) atoms. The summed E-state index contributed by atoms with van der Waals surface area (Å²) >= 11 is 0. The van der Waals surface area contributed by atoms with Gasteiger partial charge >= 0.3 is 5.97 Å². The van der Waals surface area contributed by atoms with E-state index < -0.39 is 11.7 Å². The lowest BCUT2D eigenvalue weighted by Gasteiger charge is -2.37. The molecule has 0 spiro atoms. The smallest absolute Gasteiger partial charge is 0.306 e. The molecular formula is C26H28O3. The first-order valence-corrected chi connectivity index (χ1v) is 10.2. The number of aliphatic hydroxyl groups is 1. The normalized spacial score (nSPS) is 12.3. The summed E-state index contributed by atoms with van der Waals surface area (Å²) in [5.74, 6) is -0.294. The number of carbonyl (C=O) groups excluding carboxylic acids is 1. The van der Waals surface area contributed by atoms with E-state index in [2.05, 4.69) is 6.92 Å². The van der Waals surface area contributed by atoms with Crippen LogP contribution in [0, 0.1) is 0 Å².